The van der Waals surface area contributed by atoms with E-state index < -0.39 is 0 Å². The van der Waals surface area contributed by atoms with Gasteiger partial charge in [0.25, 0.3) is 0 Å². The maximum absolute atomic E-state index is 5.68. The Balaban J connectivity index is 1.87. The second-order valence-electron chi connectivity index (χ2n) is 4.20. The zero-order chi connectivity index (χ0) is 13.2. The molecule has 4 nitrogen and oxygen atoms in total. The molecule has 0 aliphatic rings. The molecule has 0 fully saturated rings. The molecule has 96 valence electrons. The second kappa shape index (κ2) is 5.01. The van der Waals surface area contributed by atoms with E-state index >= 15 is 0 Å². The smallest absolute Gasteiger partial charge is 0.147 e. The fraction of sp³-hybridized carbons (Fsp3) is 0.143. The van der Waals surface area contributed by atoms with Gasteiger partial charge in [0.15, 0.2) is 0 Å². The van der Waals surface area contributed by atoms with Crippen LogP contribution in [0.4, 0.5) is 0 Å². The van der Waals surface area contributed by atoms with Crippen LogP contribution in [0.15, 0.2) is 47.2 Å². The van der Waals surface area contributed by atoms with Crippen LogP contribution in [0.3, 0.4) is 0 Å². The second-order valence-corrected chi connectivity index (χ2v) is 5.11. The van der Waals surface area contributed by atoms with Crippen LogP contribution in [0.2, 0.25) is 0 Å². The highest BCUT2D eigenvalue weighted by Gasteiger charge is 2.08. The van der Waals surface area contributed by atoms with Crippen LogP contribution >= 0.6 is 15.9 Å². The number of rotatable bonds is 3. The molecule has 0 bridgehead atoms. The number of pyridine rings is 1. The van der Waals surface area contributed by atoms with Crippen molar-refractivity contribution in [3.63, 3.8) is 0 Å². The Morgan fingerprint density at radius 2 is 2.21 bits per heavy atom. The molecular weight excluding hydrogens is 306 g/mol. The molecule has 0 spiro atoms. The first-order valence-electron chi connectivity index (χ1n) is 5.88. The summed E-state index contributed by atoms with van der Waals surface area (Å²) in [7, 11) is 1.99. The zero-order valence-corrected chi connectivity index (χ0v) is 12.0. The lowest BCUT2D eigenvalue weighted by Crippen LogP contribution is -2.03. The number of benzene rings is 1. The summed E-state index contributed by atoms with van der Waals surface area (Å²) in [6.45, 7) is 0.425. The van der Waals surface area contributed by atoms with Crippen molar-refractivity contribution >= 4 is 27.0 Å². The summed E-state index contributed by atoms with van der Waals surface area (Å²) in [6, 6.07) is 9.76. The van der Waals surface area contributed by atoms with Crippen molar-refractivity contribution in [3.05, 3.63) is 53.0 Å². The Bertz CT molecular complexity index is 709. The van der Waals surface area contributed by atoms with Gasteiger partial charge in [0.05, 0.1) is 17.2 Å². The van der Waals surface area contributed by atoms with Crippen LogP contribution in [-0.4, -0.2) is 14.5 Å². The lowest BCUT2D eigenvalue weighted by atomic mass is 10.3. The fourth-order valence-electron chi connectivity index (χ4n) is 1.92. The SMILES string of the molecule is Cn1c(COc2cccnc2)nc2ccc(Br)cc21. The molecule has 0 radical (unpaired) electrons. The van der Waals surface area contributed by atoms with Crippen LogP contribution in [0.5, 0.6) is 5.75 Å². The monoisotopic (exact) mass is 317 g/mol. The van der Waals surface area contributed by atoms with Gasteiger partial charge in [-0.05, 0) is 30.3 Å². The summed E-state index contributed by atoms with van der Waals surface area (Å²) in [5, 5.41) is 0. The molecule has 0 unspecified atom stereocenters. The van der Waals surface area contributed by atoms with Crippen LogP contribution < -0.4 is 4.74 Å². The summed E-state index contributed by atoms with van der Waals surface area (Å²) < 4.78 is 8.76. The number of ether oxygens (including phenoxy) is 1. The van der Waals surface area contributed by atoms with Gasteiger partial charge in [-0.2, -0.15) is 0 Å². The molecule has 0 N–H and O–H groups in total. The quantitative estimate of drug-likeness (QED) is 0.744. The topological polar surface area (TPSA) is 39.9 Å². The molecular formula is C14H12BrN3O. The first kappa shape index (κ1) is 12.2. The lowest BCUT2D eigenvalue weighted by Gasteiger charge is -2.05. The largest absolute Gasteiger partial charge is 0.484 e. The maximum atomic E-state index is 5.68. The van der Waals surface area contributed by atoms with Gasteiger partial charge >= 0.3 is 0 Å². The van der Waals surface area contributed by atoms with Crippen molar-refractivity contribution in [3.8, 4) is 5.75 Å². The number of hydrogen-bond donors (Lipinski definition) is 0. The molecule has 2 aromatic heterocycles. The molecule has 0 aliphatic carbocycles. The number of aromatic nitrogens is 3. The van der Waals surface area contributed by atoms with Gasteiger partial charge in [-0.1, -0.05) is 15.9 Å². The van der Waals surface area contributed by atoms with E-state index in [1.807, 2.05) is 35.9 Å². The predicted molar refractivity (Wildman–Crippen MR) is 77.0 cm³/mol. The maximum Gasteiger partial charge on any atom is 0.147 e. The molecule has 5 heteroatoms. The van der Waals surface area contributed by atoms with E-state index in [2.05, 4.69) is 32.0 Å². The third kappa shape index (κ3) is 2.46. The first-order chi connectivity index (χ1) is 9.24. The Morgan fingerprint density at radius 1 is 1.32 bits per heavy atom. The van der Waals surface area contributed by atoms with Gasteiger partial charge in [-0.15, -0.1) is 0 Å². The Morgan fingerprint density at radius 3 is 3.00 bits per heavy atom. The van der Waals surface area contributed by atoms with E-state index in [1.54, 1.807) is 12.4 Å². The van der Waals surface area contributed by atoms with Crippen molar-refractivity contribution in [2.75, 3.05) is 0 Å². The van der Waals surface area contributed by atoms with Gasteiger partial charge < -0.3 is 9.30 Å². The molecule has 3 rings (SSSR count). The first-order valence-corrected chi connectivity index (χ1v) is 6.67. The van der Waals surface area contributed by atoms with Crippen LogP contribution in [0.1, 0.15) is 5.82 Å². The lowest BCUT2D eigenvalue weighted by molar-refractivity contribution is 0.291. The fourth-order valence-corrected chi connectivity index (χ4v) is 2.27. The molecule has 19 heavy (non-hydrogen) atoms. The number of nitrogens with zero attached hydrogens (tertiary/aromatic N) is 3. The summed E-state index contributed by atoms with van der Waals surface area (Å²) >= 11 is 3.47. The third-order valence-electron chi connectivity index (χ3n) is 2.94. The van der Waals surface area contributed by atoms with Crippen molar-refractivity contribution in [2.45, 2.75) is 6.61 Å². The Hall–Kier alpha value is -1.88. The molecule has 0 aliphatic heterocycles. The molecule has 0 saturated heterocycles. The highest BCUT2D eigenvalue weighted by Crippen LogP contribution is 2.20. The highest BCUT2D eigenvalue weighted by atomic mass is 79.9. The average Bonchev–Trinajstić information content (AvgIpc) is 2.74. The van der Waals surface area contributed by atoms with Crippen LogP contribution in [-0.2, 0) is 13.7 Å². The number of halogens is 1. The standard InChI is InChI=1S/C14H12BrN3O/c1-18-13-7-10(15)4-5-12(13)17-14(18)9-19-11-3-2-6-16-8-11/h2-8H,9H2,1H3. The normalized spacial score (nSPS) is 10.8. The van der Waals surface area contributed by atoms with E-state index in [-0.39, 0.29) is 0 Å². The number of imidazole rings is 1. The Labute approximate surface area is 119 Å². The van der Waals surface area contributed by atoms with Gasteiger partial charge in [-0.25, -0.2) is 4.98 Å². The minimum absolute atomic E-state index is 0.425. The summed E-state index contributed by atoms with van der Waals surface area (Å²) in [5.41, 5.74) is 2.05. The number of aryl methyl sites for hydroxylation is 1. The zero-order valence-electron chi connectivity index (χ0n) is 10.4. The van der Waals surface area contributed by atoms with Crippen molar-refractivity contribution in [2.24, 2.45) is 7.05 Å². The third-order valence-corrected chi connectivity index (χ3v) is 3.43. The average molecular weight is 318 g/mol. The van der Waals surface area contributed by atoms with Gasteiger partial charge in [0.1, 0.15) is 18.2 Å². The molecule has 2 heterocycles. The number of hydrogen-bond acceptors (Lipinski definition) is 3. The Kier molecular flexibility index (Phi) is 3.21. The van der Waals surface area contributed by atoms with Crippen molar-refractivity contribution in [1.29, 1.82) is 0 Å². The van der Waals surface area contributed by atoms with E-state index in [0.717, 1.165) is 27.1 Å². The molecule has 0 saturated carbocycles. The summed E-state index contributed by atoms with van der Waals surface area (Å²) in [6.07, 6.45) is 3.42. The molecule has 0 atom stereocenters. The number of fused-ring (bicyclic) bond motifs is 1. The van der Waals surface area contributed by atoms with Crippen LogP contribution in [0, 0.1) is 0 Å². The van der Waals surface area contributed by atoms with Gasteiger partial charge in [-0.3, -0.25) is 4.98 Å². The van der Waals surface area contributed by atoms with E-state index in [4.69, 9.17) is 4.74 Å². The van der Waals surface area contributed by atoms with Crippen LogP contribution in [0.25, 0.3) is 11.0 Å². The highest BCUT2D eigenvalue weighted by molar-refractivity contribution is 9.10. The van der Waals surface area contributed by atoms with Gasteiger partial charge in [0, 0.05) is 17.7 Å². The minimum Gasteiger partial charge on any atom is -0.484 e. The van der Waals surface area contributed by atoms with E-state index in [9.17, 15) is 0 Å². The molecule has 0 amide bonds. The minimum atomic E-state index is 0.425. The summed E-state index contributed by atoms with van der Waals surface area (Å²) in [4.78, 5) is 8.58. The van der Waals surface area contributed by atoms with Gasteiger partial charge in [0.2, 0.25) is 0 Å². The predicted octanol–water partition coefficient (Wildman–Crippen LogP) is 3.31. The molecule has 3 aromatic rings. The van der Waals surface area contributed by atoms with E-state index in [0.29, 0.717) is 6.61 Å². The molecule has 1 aromatic carbocycles. The summed E-state index contributed by atoms with van der Waals surface area (Å²) in [5.74, 6) is 1.63. The van der Waals surface area contributed by atoms with Crippen molar-refractivity contribution < 1.29 is 4.74 Å². The van der Waals surface area contributed by atoms with E-state index in [1.165, 1.54) is 0 Å². The van der Waals surface area contributed by atoms with Crippen molar-refractivity contribution in [1.82, 2.24) is 14.5 Å².